The van der Waals surface area contributed by atoms with Crippen LogP contribution in [-0.2, 0) is 0 Å². The molecule has 1 saturated heterocycles. The fourth-order valence-corrected chi connectivity index (χ4v) is 3.44. The Kier molecular flexibility index (Phi) is 5.56. The number of halogens is 2. The monoisotopic (exact) mass is 409 g/mol. The number of carbonyl (C=O) groups is 1. The second kappa shape index (κ2) is 8.44. The molecule has 1 aromatic heterocycles. The molecular formula is C22H21F2N5O. The van der Waals surface area contributed by atoms with Crippen molar-refractivity contribution in [3.8, 4) is 11.3 Å². The molecule has 4 rings (SSSR count). The summed E-state index contributed by atoms with van der Waals surface area (Å²) >= 11 is 0. The zero-order valence-electron chi connectivity index (χ0n) is 16.4. The zero-order chi connectivity index (χ0) is 21.1. The van der Waals surface area contributed by atoms with Crippen LogP contribution in [0.5, 0.6) is 0 Å². The molecule has 6 nitrogen and oxygen atoms in total. The number of benzene rings is 2. The predicted molar refractivity (Wildman–Crippen MR) is 111 cm³/mol. The number of aromatic amines is 1. The molecule has 0 unspecified atom stereocenters. The number of guanidine groups is 1. The first kappa shape index (κ1) is 19.8. The quantitative estimate of drug-likeness (QED) is 0.495. The minimum atomic E-state index is -0.463. The average Bonchev–Trinajstić information content (AvgIpc) is 3.37. The molecule has 2 heterocycles. The second-order valence-corrected chi connectivity index (χ2v) is 7.23. The standard InChI is InChI=1S/C22H21F2N5O/c1-14-3-2-12-29(14)22(26-21(30)16-6-10-18(24)11-7-16)25-20-13-19(27-28-20)15-4-8-17(23)9-5-15/h4-11,13-14H,2-3,12H2,1H3,(H2,25,26,27,28,30)/t14-/m1/s1. The third-order valence-corrected chi connectivity index (χ3v) is 5.09. The lowest BCUT2D eigenvalue weighted by Crippen LogP contribution is -2.39. The highest BCUT2D eigenvalue weighted by molar-refractivity contribution is 6.06. The SMILES string of the molecule is C[C@@H]1CCCN1/C(=N/C(=O)c1ccc(F)cc1)Nc1cc(-c2ccc(F)cc2)n[nH]1. The molecule has 3 aromatic rings. The smallest absolute Gasteiger partial charge is 0.280 e. The van der Waals surface area contributed by atoms with Crippen LogP contribution in [-0.4, -0.2) is 39.6 Å². The number of nitrogens with zero attached hydrogens (tertiary/aromatic N) is 3. The van der Waals surface area contributed by atoms with E-state index in [2.05, 4.69) is 27.4 Å². The molecule has 154 valence electrons. The van der Waals surface area contributed by atoms with Gasteiger partial charge in [0.05, 0.1) is 5.69 Å². The maximum Gasteiger partial charge on any atom is 0.280 e. The molecule has 0 bridgehead atoms. The summed E-state index contributed by atoms with van der Waals surface area (Å²) in [6.45, 7) is 2.84. The Labute approximate surface area is 172 Å². The molecular weight excluding hydrogens is 388 g/mol. The minimum Gasteiger partial charge on any atom is -0.340 e. The van der Waals surface area contributed by atoms with Gasteiger partial charge >= 0.3 is 0 Å². The molecule has 0 aliphatic carbocycles. The Hall–Kier alpha value is -3.55. The first-order chi connectivity index (χ1) is 14.5. The van der Waals surface area contributed by atoms with Crippen LogP contribution in [0.1, 0.15) is 30.1 Å². The Morgan fingerprint density at radius 3 is 2.43 bits per heavy atom. The second-order valence-electron chi connectivity index (χ2n) is 7.23. The van der Waals surface area contributed by atoms with Crippen molar-refractivity contribution in [2.75, 3.05) is 11.9 Å². The van der Waals surface area contributed by atoms with Crippen molar-refractivity contribution >= 4 is 17.7 Å². The van der Waals surface area contributed by atoms with Crippen LogP contribution in [0.15, 0.2) is 59.6 Å². The molecule has 0 saturated carbocycles. The van der Waals surface area contributed by atoms with E-state index in [4.69, 9.17) is 0 Å². The summed E-state index contributed by atoms with van der Waals surface area (Å²) in [4.78, 5) is 18.9. The Morgan fingerprint density at radius 2 is 1.80 bits per heavy atom. The lowest BCUT2D eigenvalue weighted by molar-refractivity contribution is 0.100. The van der Waals surface area contributed by atoms with E-state index in [1.165, 1.54) is 36.4 Å². The van der Waals surface area contributed by atoms with E-state index in [1.54, 1.807) is 18.2 Å². The number of likely N-dealkylation sites (tertiary alicyclic amines) is 1. The molecule has 1 aliphatic heterocycles. The molecule has 1 amide bonds. The number of anilines is 1. The van der Waals surface area contributed by atoms with Crippen LogP contribution < -0.4 is 5.32 Å². The molecule has 1 fully saturated rings. The van der Waals surface area contributed by atoms with Gasteiger partial charge in [-0.05, 0) is 68.3 Å². The van der Waals surface area contributed by atoms with E-state index in [0.29, 0.717) is 23.0 Å². The van der Waals surface area contributed by atoms with Crippen LogP contribution in [0.2, 0.25) is 0 Å². The zero-order valence-corrected chi connectivity index (χ0v) is 16.4. The van der Waals surface area contributed by atoms with Gasteiger partial charge in [-0.15, -0.1) is 0 Å². The van der Waals surface area contributed by atoms with E-state index < -0.39 is 11.7 Å². The summed E-state index contributed by atoms with van der Waals surface area (Å²) in [6.07, 6.45) is 1.99. The third-order valence-electron chi connectivity index (χ3n) is 5.09. The first-order valence-electron chi connectivity index (χ1n) is 9.73. The summed E-state index contributed by atoms with van der Waals surface area (Å²) in [6, 6.07) is 13.3. The summed E-state index contributed by atoms with van der Waals surface area (Å²) in [7, 11) is 0. The Bertz CT molecular complexity index is 1060. The molecule has 30 heavy (non-hydrogen) atoms. The largest absolute Gasteiger partial charge is 0.340 e. The lowest BCUT2D eigenvalue weighted by atomic mass is 10.1. The van der Waals surface area contributed by atoms with E-state index in [9.17, 15) is 13.6 Å². The third kappa shape index (κ3) is 4.37. The average molecular weight is 409 g/mol. The molecule has 8 heteroatoms. The van der Waals surface area contributed by atoms with Gasteiger partial charge in [0.1, 0.15) is 17.5 Å². The molecule has 0 radical (unpaired) electrons. The van der Waals surface area contributed by atoms with Crippen molar-refractivity contribution in [1.82, 2.24) is 15.1 Å². The van der Waals surface area contributed by atoms with Crippen LogP contribution >= 0.6 is 0 Å². The maximum absolute atomic E-state index is 13.2. The minimum absolute atomic E-state index is 0.219. The summed E-state index contributed by atoms with van der Waals surface area (Å²) in [5.41, 5.74) is 1.70. The van der Waals surface area contributed by atoms with Crippen molar-refractivity contribution < 1.29 is 13.6 Å². The van der Waals surface area contributed by atoms with Gasteiger partial charge in [0.15, 0.2) is 0 Å². The van der Waals surface area contributed by atoms with Crippen molar-refractivity contribution in [3.05, 3.63) is 71.8 Å². The predicted octanol–water partition coefficient (Wildman–Crippen LogP) is 4.45. The number of hydrogen-bond donors (Lipinski definition) is 2. The highest BCUT2D eigenvalue weighted by atomic mass is 19.1. The van der Waals surface area contributed by atoms with Gasteiger partial charge in [0.25, 0.3) is 5.91 Å². The molecule has 0 spiro atoms. The van der Waals surface area contributed by atoms with Crippen molar-refractivity contribution in [3.63, 3.8) is 0 Å². The fraction of sp³-hybridized carbons (Fsp3) is 0.227. The Morgan fingerprint density at radius 1 is 1.13 bits per heavy atom. The topological polar surface area (TPSA) is 73.4 Å². The number of H-pyrrole nitrogens is 1. The highest BCUT2D eigenvalue weighted by Crippen LogP contribution is 2.22. The summed E-state index contributed by atoms with van der Waals surface area (Å²) in [5.74, 6) is -0.227. The van der Waals surface area contributed by atoms with Crippen LogP contribution in [0.4, 0.5) is 14.6 Å². The Balaban J connectivity index is 1.60. The summed E-state index contributed by atoms with van der Waals surface area (Å²) in [5, 5.41) is 10.3. The van der Waals surface area contributed by atoms with E-state index in [-0.39, 0.29) is 11.9 Å². The van der Waals surface area contributed by atoms with E-state index >= 15 is 0 Å². The van der Waals surface area contributed by atoms with E-state index in [1.807, 2.05) is 4.90 Å². The number of aliphatic imine (C=N–C) groups is 1. The van der Waals surface area contributed by atoms with Gasteiger partial charge in [-0.2, -0.15) is 10.1 Å². The van der Waals surface area contributed by atoms with Gasteiger partial charge in [0.2, 0.25) is 5.96 Å². The number of nitrogens with one attached hydrogen (secondary N) is 2. The van der Waals surface area contributed by atoms with Crippen molar-refractivity contribution in [1.29, 1.82) is 0 Å². The van der Waals surface area contributed by atoms with Gasteiger partial charge in [-0.1, -0.05) is 0 Å². The van der Waals surface area contributed by atoms with E-state index in [0.717, 1.165) is 24.9 Å². The normalized spacial score (nSPS) is 16.7. The molecule has 1 atom stereocenters. The van der Waals surface area contributed by atoms with Crippen LogP contribution in [0.25, 0.3) is 11.3 Å². The molecule has 1 aliphatic rings. The molecule has 2 N–H and O–H groups in total. The van der Waals surface area contributed by atoms with Crippen molar-refractivity contribution in [2.45, 2.75) is 25.8 Å². The first-order valence-corrected chi connectivity index (χ1v) is 9.73. The summed E-state index contributed by atoms with van der Waals surface area (Å²) < 4.78 is 26.3. The van der Waals surface area contributed by atoms with Gasteiger partial charge in [0, 0.05) is 29.8 Å². The molecule has 2 aromatic carbocycles. The maximum atomic E-state index is 13.2. The van der Waals surface area contributed by atoms with Crippen LogP contribution in [0, 0.1) is 11.6 Å². The van der Waals surface area contributed by atoms with Gasteiger partial charge in [-0.25, -0.2) is 8.78 Å². The number of amides is 1. The van der Waals surface area contributed by atoms with Gasteiger partial charge < -0.3 is 10.2 Å². The van der Waals surface area contributed by atoms with Crippen molar-refractivity contribution in [2.24, 2.45) is 4.99 Å². The number of hydrogen-bond acceptors (Lipinski definition) is 2. The highest BCUT2D eigenvalue weighted by Gasteiger charge is 2.25. The fourth-order valence-electron chi connectivity index (χ4n) is 3.44. The number of rotatable bonds is 3. The lowest BCUT2D eigenvalue weighted by Gasteiger charge is -2.25. The number of carbonyl (C=O) groups excluding carboxylic acids is 1. The number of aromatic nitrogens is 2. The van der Waals surface area contributed by atoms with Gasteiger partial charge in [-0.3, -0.25) is 9.89 Å². The van der Waals surface area contributed by atoms with Crippen LogP contribution in [0.3, 0.4) is 0 Å².